The average Bonchev–Trinajstić information content (AvgIpc) is 2.95. The molecule has 2 fully saturated rings. The zero-order chi connectivity index (χ0) is 26.4. The Balaban J connectivity index is 1.09. The van der Waals surface area contributed by atoms with Crippen molar-refractivity contribution >= 4 is 10.0 Å². The van der Waals surface area contributed by atoms with Gasteiger partial charge in [-0.1, -0.05) is 18.2 Å². The molecular weight excluding hydrogens is 500 g/mol. The summed E-state index contributed by atoms with van der Waals surface area (Å²) >= 11 is 0. The van der Waals surface area contributed by atoms with Gasteiger partial charge >= 0.3 is 0 Å². The van der Waals surface area contributed by atoms with Gasteiger partial charge in [-0.15, -0.1) is 0 Å². The van der Waals surface area contributed by atoms with Gasteiger partial charge in [0.15, 0.2) is 0 Å². The number of hydrogen-bond donors (Lipinski definition) is 0. The van der Waals surface area contributed by atoms with E-state index in [1.807, 2.05) is 30.6 Å². The van der Waals surface area contributed by atoms with Crippen LogP contribution in [0, 0.1) is 0 Å². The molecule has 0 N–H and O–H groups in total. The van der Waals surface area contributed by atoms with E-state index in [0.717, 1.165) is 45.0 Å². The molecule has 2 aliphatic rings. The lowest BCUT2D eigenvalue weighted by Crippen LogP contribution is -2.45. The third-order valence-corrected chi connectivity index (χ3v) is 9.21. The minimum absolute atomic E-state index is 0.00332. The second-order valence-electron chi connectivity index (χ2n) is 9.96. The molecule has 0 unspecified atom stereocenters. The van der Waals surface area contributed by atoms with Crippen LogP contribution in [0.1, 0.15) is 24.0 Å². The van der Waals surface area contributed by atoms with Crippen LogP contribution < -0.4 is 9.47 Å². The number of ether oxygens (including phenoxy) is 2. The molecule has 0 amide bonds. The molecule has 3 heterocycles. The molecule has 0 spiro atoms. The fourth-order valence-corrected chi connectivity index (χ4v) is 6.58. The SMILES string of the molecule is COc1ccc(S(=O)(=O)N2CCC(Oc3cccc(CN4CCN(Cc5cccnc5)CC4)c3)CC2)cc1. The number of methoxy groups -OCH3 is 1. The van der Waals surface area contributed by atoms with Gasteiger partial charge < -0.3 is 9.47 Å². The molecule has 0 bridgehead atoms. The van der Waals surface area contributed by atoms with Crippen LogP contribution in [-0.4, -0.2) is 80.0 Å². The lowest BCUT2D eigenvalue weighted by Gasteiger charge is -2.34. The highest BCUT2D eigenvalue weighted by Crippen LogP contribution is 2.26. The predicted molar refractivity (Wildman–Crippen MR) is 147 cm³/mol. The van der Waals surface area contributed by atoms with Gasteiger partial charge in [0.25, 0.3) is 0 Å². The first-order chi connectivity index (χ1) is 18.5. The zero-order valence-electron chi connectivity index (χ0n) is 21.9. The molecule has 0 radical (unpaired) electrons. The van der Waals surface area contributed by atoms with Gasteiger partial charge in [-0.2, -0.15) is 4.31 Å². The van der Waals surface area contributed by atoms with Crippen molar-refractivity contribution in [2.75, 3.05) is 46.4 Å². The molecule has 3 aromatic rings. The Hall–Kier alpha value is -2.98. The normalized spacial score (nSPS) is 18.3. The first kappa shape index (κ1) is 26.6. The van der Waals surface area contributed by atoms with E-state index >= 15 is 0 Å². The van der Waals surface area contributed by atoms with E-state index in [9.17, 15) is 8.42 Å². The summed E-state index contributed by atoms with van der Waals surface area (Å²) in [5, 5.41) is 0. The number of rotatable bonds is 9. The molecule has 5 rings (SSSR count). The van der Waals surface area contributed by atoms with Crippen LogP contribution in [-0.2, 0) is 23.1 Å². The largest absolute Gasteiger partial charge is 0.497 e. The van der Waals surface area contributed by atoms with Gasteiger partial charge in [0, 0.05) is 64.8 Å². The van der Waals surface area contributed by atoms with Crippen molar-refractivity contribution in [3.63, 3.8) is 0 Å². The summed E-state index contributed by atoms with van der Waals surface area (Å²) in [6, 6.07) is 19.0. The molecule has 0 atom stereocenters. The highest BCUT2D eigenvalue weighted by molar-refractivity contribution is 7.89. The van der Waals surface area contributed by atoms with E-state index in [-0.39, 0.29) is 6.10 Å². The van der Waals surface area contributed by atoms with Crippen molar-refractivity contribution in [3.8, 4) is 11.5 Å². The average molecular weight is 537 g/mol. The Morgan fingerprint density at radius 1 is 0.816 bits per heavy atom. The van der Waals surface area contributed by atoms with Crippen molar-refractivity contribution in [1.82, 2.24) is 19.1 Å². The van der Waals surface area contributed by atoms with Crippen LogP contribution >= 0.6 is 0 Å². The third-order valence-electron chi connectivity index (χ3n) is 7.30. The Kier molecular flexibility index (Phi) is 8.58. The Labute approximate surface area is 225 Å². The molecule has 9 heteroatoms. The predicted octanol–water partition coefficient (Wildman–Crippen LogP) is 3.64. The second kappa shape index (κ2) is 12.3. The highest BCUT2D eigenvalue weighted by atomic mass is 32.2. The van der Waals surface area contributed by atoms with Crippen LogP contribution in [0.3, 0.4) is 0 Å². The van der Waals surface area contributed by atoms with E-state index in [1.54, 1.807) is 35.7 Å². The summed E-state index contributed by atoms with van der Waals surface area (Å²) < 4.78 is 39.1. The number of nitrogens with zero attached hydrogens (tertiary/aromatic N) is 4. The number of sulfonamides is 1. The Morgan fingerprint density at radius 3 is 2.11 bits per heavy atom. The summed E-state index contributed by atoms with van der Waals surface area (Å²) in [5.74, 6) is 1.50. The number of pyridine rings is 1. The van der Waals surface area contributed by atoms with E-state index in [4.69, 9.17) is 9.47 Å². The molecule has 2 aliphatic heterocycles. The van der Waals surface area contributed by atoms with Gasteiger partial charge in [0.2, 0.25) is 10.0 Å². The Bertz CT molecular complexity index is 1270. The van der Waals surface area contributed by atoms with Crippen molar-refractivity contribution < 1.29 is 17.9 Å². The molecular formula is C29H36N4O4S. The van der Waals surface area contributed by atoms with Gasteiger partial charge in [0.05, 0.1) is 12.0 Å². The summed E-state index contributed by atoms with van der Waals surface area (Å²) in [4.78, 5) is 9.48. The fraction of sp³-hybridized carbons (Fsp3) is 0.414. The maximum Gasteiger partial charge on any atom is 0.243 e. The van der Waals surface area contributed by atoms with Crippen LogP contribution in [0.5, 0.6) is 11.5 Å². The lowest BCUT2D eigenvalue weighted by atomic mass is 10.1. The lowest BCUT2D eigenvalue weighted by molar-refractivity contribution is 0.121. The maximum atomic E-state index is 13.0. The zero-order valence-corrected chi connectivity index (χ0v) is 22.7. The van der Waals surface area contributed by atoms with Crippen LogP contribution in [0.2, 0.25) is 0 Å². The summed E-state index contributed by atoms with van der Waals surface area (Å²) in [6.45, 7) is 6.90. The topological polar surface area (TPSA) is 75.2 Å². The van der Waals surface area contributed by atoms with Gasteiger partial charge in [-0.05, 0) is 66.4 Å². The summed E-state index contributed by atoms with van der Waals surface area (Å²) in [6.07, 6.45) is 5.10. The smallest absolute Gasteiger partial charge is 0.243 e. The maximum absolute atomic E-state index is 13.0. The van der Waals surface area contributed by atoms with Crippen molar-refractivity contribution in [1.29, 1.82) is 0 Å². The minimum atomic E-state index is -3.52. The van der Waals surface area contributed by atoms with E-state index in [1.165, 1.54) is 11.1 Å². The number of piperidine rings is 1. The molecule has 1 aromatic heterocycles. The number of hydrogen-bond acceptors (Lipinski definition) is 7. The van der Waals surface area contributed by atoms with Crippen LogP contribution in [0.15, 0.2) is 78.0 Å². The molecule has 0 saturated carbocycles. The summed E-state index contributed by atoms with van der Waals surface area (Å²) in [7, 11) is -1.95. The quantitative estimate of drug-likeness (QED) is 0.413. The number of benzene rings is 2. The first-order valence-corrected chi connectivity index (χ1v) is 14.7. The van der Waals surface area contributed by atoms with Gasteiger partial charge in [-0.25, -0.2) is 8.42 Å². The third kappa shape index (κ3) is 6.71. The summed E-state index contributed by atoms with van der Waals surface area (Å²) in [5.41, 5.74) is 2.50. The number of aromatic nitrogens is 1. The highest BCUT2D eigenvalue weighted by Gasteiger charge is 2.30. The van der Waals surface area contributed by atoms with Gasteiger partial charge in [-0.3, -0.25) is 14.8 Å². The monoisotopic (exact) mass is 536 g/mol. The van der Waals surface area contributed by atoms with Crippen molar-refractivity contribution in [2.24, 2.45) is 0 Å². The van der Waals surface area contributed by atoms with E-state index in [0.29, 0.717) is 36.6 Å². The van der Waals surface area contributed by atoms with Crippen LogP contribution in [0.25, 0.3) is 0 Å². The first-order valence-electron chi connectivity index (χ1n) is 13.2. The standard InChI is InChI=1S/C29H36N4O4S/c1-36-26-7-9-29(10-8-26)38(34,35)33-14-11-27(12-15-33)37-28-6-2-4-24(20-28)22-31-16-18-32(19-17-31)23-25-5-3-13-30-21-25/h2-10,13,20-21,27H,11-12,14-19,22-23H2,1H3. The van der Waals surface area contributed by atoms with Crippen molar-refractivity contribution in [2.45, 2.75) is 36.9 Å². The second-order valence-corrected chi connectivity index (χ2v) is 11.9. The Morgan fingerprint density at radius 2 is 1.47 bits per heavy atom. The van der Waals surface area contributed by atoms with E-state index in [2.05, 4.69) is 33.0 Å². The van der Waals surface area contributed by atoms with Crippen molar-refractivity contribution in [3.05, 3.63) is 84.2 Å². The minimum Gasteiger partial charge on any atom is -0.497 e. The van der Waals surface area contributed by atoms with E-state index < -0.39 is 10.0 Å². The molecule has 2 saturated heterocycles. The molecule has 2 aromatic carbocycles. The number of piperazine rings is 1. The molecule has 0 aliphatic carbocycles. The fourth-order valence-electron chi connectivity index (χ4n) is 5.11. The molecule has 38 heavy (non-hydrogen) atoms. The van der Waals surface area contributed by atoms with Crippen LogP contribution in [0.4, 0.5) is 0 Å². The van der Waals surface area contributed by atoms with Gasteiger partial charge in [0.1, 0.15) is 17.6 Å². The molecule has 202 valence electrons. The molecule has 8 nitrogen and oxygen atoms in total.